The molecule has 5 nitrogen and oxygen atoms in total. The number of anilines is 3. The van der Waals surface area contributed by atoms with Gasteiger partial charge in [-0.25, -0.2) is 0 Å². The van der Waals surface area contributed by atoms with Crippen molar-refractivity contribution in [3.63, 3.8) is 0 Å². The Morgan fingerprint density at radius 1 is 0.739 bits per heavy atom. The van der Waals surface area contributed by atoms with Crippen molar-refractivity contribution in [3.05, 3.63) is 60.7 Å². The first-order valence-corrected chi connectivity index (χ1v) is 7.77. The van der Waals surface area contributed by atoms with Crippen molar-refractivity contribution in [1.29, 1.82) is 0 Å². The molecule has 0 unspecified atom stereocenters. The van der Waals surface area contributed by atoms with Crippen molar-refractivity contribution in [2.45, 2.75) is 18.9 Å². The van der Waals surface area contributed by atoms with E-state index in [0.717, 1.165) is 11.3 Å². The highest BCUT2D eigenvalue weighted by Gasteiger charge is 2.22. The van der Waals surface area contributed by atoms with Crippen LogP contribution in [0.4, 0.5) is 17.6 Å². The van der Waals surface area contributed by atoms with Gasteiger partial charge in [-0.1, -0.05) is 48.5 Å². The summed E-state index contributed by atoms with van der Waals surface area (Å²) >= 11 is 0. The van der Waals surface area contributed by atoms with Crippen LogP contribution in [0.1, 0.15) is 12.8 Å². The molecule has 0 atom stereocenters. The van der Waals surface area contributed by atoms with Gasteiger partial charge < -0.3 is 10.6 Å². The van der Waals surface area contributed by atoms with E-state index < -0.39 is 0 Å². The third-order valence-corrected chi connectivity index (χ3v) is 3.61. The zero-order valence-corrected chi connectivity index (χ0v) is 12.6. The number of aromatic nitrogens is 3. The van der Waals surface area contributed by atoms with Gasteiger partial charge in [0.05, 0.1) is 0 Å². The Morgan fingerprint density at radius 2 is 1.39 bits per heavy atom. The van der Waals surface area contributed by atoms with Gasteiger partial charge in [0.25, 0.3) is 0 Å². The summed E-state index contributed by atoms with van der Waals surface area (Å²) in [5.41, 5.74) is 1.93. The lowest BCUT2D eigenvalue weighted by molar-refractivity contribution is 1.01. The number of hydrogen-bond acceptors (Lipinski definition) is 5. The molecular formula is C18H17N5. The zero-order valence-electron chi connectivity index (χ0n) is 12.6. The van der Waals surface area contributed by atoms with Crippen LogP contribution in [0, 0.1) is 0 Å². The minimum atomic E-state index is 0.491. The van der Waals surface area contributed by atoms with Crippen LogP contribution in [0.25, 0.3) is 11.4 Å². The first kappa shape index (κ1) is 13.7. The number of nitrogens with one attached hydrogen (secondary N) is 2. The fraction of sp³-hybridized carbons (Fsp3) is 0.167. The first-order valence-electron chi connectivity index (χ1n) is 7.77. The lowest BCUT2D eigenvalue weighted by atomic mass is 10.2. The smallest absolute Gasteiger partial charge is 0.232 e. The van der Waals surface area contributed by atoms with Crippen molar-refractivity contribution >= 4 is 17.6 Å². The van der Waals surface area contributed by atoms with Crippen molar-refractivity contribution in [2.24, 2.45) is 0 Å². The van der Waals surface area contributed by atoms with Crippen molar-refractivity contribution in [1.82, 2.24) is 15.0 Å². The van der Waals surface area contributed by atoms with Crippen molar-refractivity contribution in [2.75, 3.05) is 10.6 Å². The average Bonchev–Trinajstić information content (AvgIpc) is 3.40. The molecule has 0 amide bonds. The Morgan fingerprint density at radius 3 is 2.09 bits per heavy atom. The maximum Gasteiger partial charge on any atom is 0.232 e. The summed E-state index contributed by atoms with van der Waals surface area (Å²) < 4.78 is 0. The fourth-order valence-corrected chi connectivity index (χ4v) is 2.27. The average molecular weight is 303 g/mol. The van der Waals surface area contributed by atoms with Crippen molar-refractivity contribution in [3.8, 4) is 11.4 Å². The minimum Gasteiger partial charge on any atom is -0.351 e. The molecule has 5 heteroatoms. The van der Waals surface area contributed by atoms with Crippen LogP contribution in [-0.4, -0.2) is 21.0 Å². The molecule has 0 radical (unpaired) electrons. The van der Waals surface area contributed by atoms with E-state index in [-0.39, 0.29) is 0 Å². The number of rotatable bonds is 5. The quantitative estimate of drug-likeness (QED) is 0.749. The molecule has 0 aliphatic heterocycles. The third-order valence-electron chi connectivity index (χ3n) is 3.61. The number of para-hydroxylation sites is 1. The molecule has 0 spiro atoms. The SMILES string of the molecule is c1ccc(Nc2nc(NC3CC3)nc(-c3ccccc3)n2)cc1. The maximum atomic E-state index is 4.55. The van der Waals surface area contributed by atoms with E-state index in [1.807, 2.05) is 60.7 Å². The molecule has 2 N–H and O–H groups in total. The molecule has 1 aliphatic carbocycles. The van der Waals surface area contributed by atoms with Gasteiger partial charge in [-0.3, -0.25) is 0 Å². The Hall–Kier alpha value is -2.95. The van der Waals surface area contributed by atoms with Gasteiger partial charge in [0, 0.05) is 17.3 Å². The zero-order chi connectivity index (χ0) is 15.5. The van der Waals surface area contributed by atoms with Crippen LogP contribution in [0.5, 0.6) is 0 Å². The lowest BCUT2D eigenvalue weighted by Gasteiger charge is -2.10. The van der Waals surface area contributed by atoms with Crippen LogP contribution >= 0.6 is 0 Å². The minimum absolute atomic E-state index is 0.491. The monoisotopic (exact) mass is 303 g/mol. The highest BCUT2D eigenvalue weighted by atomic mass is 15.2. The van der Waals surface area contributed by atoms with Crippen LogP contribution in [0.3, 0.4) is 0 Å². The summed E-state index contributed by atoms with van der Waals surface area (Å²) in [4.78, 5) is 13.6. The highest BCUT2D eigenvalue weighted by Crippen LogP contribution is 2.25. The highest BCUT2D eigenvalue weighted by molar-refractivity contribution is 5.61. The second-order valence-corrected chi connectivity index (χ2v) is 5.58. The van der Waals surface area contributed by atoms with E-state index in [4.69, 9.17) is 0 Å². The van der Waals surface area contributed by atoms with E-state index in [1.54, 1.807) is 0 Å². The molecule has 4 rings (SSSR count). The molecule has 23 heavy (non-hydrogen) atoms. The summed E-state index contributed by atoms with van der Waals surface area (Å²) in [6, 6.07) is 20.4. The molecule has 1 aromatic heterocycles. The molecule has 2 aromatic carbocycles. The third kappa shape index (κ3) is 3.45. The normalized spacial score (nSPS) is 13.6. The number of hydrogen-bond donors (Lipinski definition) is 2. The van der Waals surface area contributed by atoms with Crippen LogP contribution in [-0.2, 0) is 0 Å². The Bertz CT molecular complexity index is 785. The van der Waals surface area contributed by atoms with Crippen LogP contribution < -0.4 is 10.6 Å². The second kappa shape index (κ2) is 6.04. The molecule has 114 valence electrons. The van der Waals surface area contributed by atoms with Gasteiger partial charge in [-0.2, -0.15) is 15.0 Å². The van der Waals surface area contributed by atoms with E-state index in [0.29, 0.717) is 23.8 Å². The van der Waals surface area contributed by atoms with Gasteiger partial charge in [0.1, 0.15) is 0 Å². The summed E-state index contributed by atoms with van der Waals surface area (Å²) in [5, 5.41) is 6.60. The van der Waals surface area contributed by atoms with Crippen LogP contribution in [0.15, 0.2) is 60.7 Å². The fourth-order valence-electron chi connectivity index (χ4n) is 2.27. The largest absolute Gasteiger partial charge is 0.351 e. The Kier molecular flexibility index (Phi) is 3.60. The van der Waals surface area contributed by atoms with E-state index in [2.05, 4.69) is 25.6 Å². The van der Waals surface area contributed by atoms with Crippen molar-refractivity contribution < 1.29 is 0 Å². The molecule has 1 saturated carbocycles. The summed E-state index contributed by atoms with van der Waals surface area (Å²) in [6.07, 6.45) is 2.35. The number of benzene rings is 2. The molecule has 1 aliphatic rings. The number of nitrogens with zero attached hydrogens (tertiary/aromatic N) is 3. The molecule has 1 heterocycles. The van der Waals surface area contributed by atoms with E-state index in [1.165, 1.54) is 12.8 Å². The van der Waals surface area contributed by atoms with Gasteiger partial charge >= 0.3 is 0 Å². The molecular weight excluding hydrogens is 286 g/mol. The predicted octanol–water partition coefficient (Wildman–Crippen LogP) is 3.86. The second-order valence-electron chi connectivity index (χ2n) is 5.58. The summed E-state index contributed by atoms with van der Waals surface area (Å²) in [6.45, 7) is 0. The summed E-state index contributed by atoms with van der Waals surface area (Å²) in [7, 11) is 0. The standard InChI is InChI=1S/C18H17N5/c1-3-7-13(8-4-1)16-21-17(19-14-9-5-2-6-10-14)23-18(22-16)20-15-11-12-15/h1-10,15H,11-12H2,(H2,19,20,21,22,23). The Labute approximate surface area is 134 Å². The first-order chi connectivity index (χ1) is 11.4. The molecule has 1 fully saturated rings. The van der Waals surface area contributed by atoms with Gasteiger partial charge in [-0.05, 0) is 25.0 Å². The van der Waals surface area contributed by atoms with E-state index >= 15 is 0 Å². The Balaban J connectivity index is 1.69. The molecule has 0 bridgehead atoms. The predicted molar refractivity (Wildman–Crippen MR) is 91.6 cm³/mol. The summed E-state index contributed by atoms with van der Waals surface area (Å²) in [5.74, 6) is 1.84. The van der Waals surface area contributed by atoms with Gasteiger partial charge in [-0.15, -0.1) is 0 Å². The topological polar surface area (TPSA) is 62.7 Å². The van der Waals surface area contributed by atoms with Gasteiger partial charge in [0.2, 0.25) is 11.9 Å². The van der Waals surface area contributed by atoms with Gasteiger partial charge in [0.15, 0.2) is 5.82 Å². The van der Waals surface area contributed by atoms with E-state index in [9.17, 15) is 0 Å². The maximum absolute atomic E-state index is 4.55. The lowest BCUT2D eigenvalue weighted by Crippen LogP contribution is -2.09. The molecule has 3 aromatic rings. The molecule has 0 saturated heterocycles. The van der Waals surface area contributed by atoms with Crippen LogP contribution in [0.2, 0.25) is 0 Å².